The van der Waals surface area contributed by atoms with Gasteiger partial charge in [-0.2, -0.15) is 0 Å². The fourth-order valence-electron chi connectivity index (χ4n) is 2.54. The number of benzene rings is 1. The Morgan fingerprint density at radius 3 is 2.74 bits per heavy atom. The molecular weight excluding hydrogens is 234 g/mol. The number of nitrogens with zero attached hydrogens (tertiary/aromatic N) is 2. The summed E-state index contributed by atoms with van der Waals surface area (Å²) in [7, 11) is 0. The van der Waals surface area contributed by atoms with Crippen molar-refractivity contribution in [2.75, 3.05) is 5.73 Å². The maximum Gasteiger partial charge on any atom is 0.109 e. The fraction of sp³-hybridized carbons (Fsp3) is 0.562. The van der Waals surface area contributed by atoms with E-state index in [9.17, 15) is 0 Å². The van der Waals surface area contributed by atoms with Crippen molar-refractivity contribution in [1.82, 2.24) is 9.55 Å². The minimum Gasteiger partial charge on any atom is -0.399 e. The van der Waals surface area contributed by atoms with Gasteiger partial charge in [-0.1, -0.05) is 33.6 Å². The largest absolute Gasteiger partial charge is 0.399 e. The van der Waals surface area contributed by atoms with Crippen LogP contribution in [0.2, 0.25) is 0 Å². The average molecular weight is 259 g/mol. The van der Waals surface area contributed by atoms with E-state index in [0.29, 0.717) is 0 Å². The highest BCUT2D eigenvalue weighted by Crippen LogP contribution is 2.20. The minimum absolute atomic E-state index is 0.791. The van der Waals surface area contributed by atoms with Crippen molar-refractivity contribution in [1.29, 1.82) is 0 Å². The summed E-state index contributed by atoms with van der Waals surface area (Å²) in [5.74, 6) is 1.97. The quantitative estimate of drug-likeness (QED) is 0.629. The number of nitrogens with two attached hydrogens (primary N) is 1. The summed E-state index contributed by atoms with van der Waals surface area (Å²) in [6.45, 7) is 7.80. The van der Waals surface area contributed by atoms with Gasteiger partial charge in [0.2, 0.25) is 0 Å². The number of anilines is 1. The molecule has 0 aliphatic heterocycles. The molecule has 0 atom stereocenters. The monoisotopic (exact) mass is 259 g/mol. The predicted molar refractivity (Wildman–Crippen MR) is 82.2 cm³/mol. The molecule has 2 N–H and O–H groups in total. The van der Waals surface area contributed by atoms with E-state index in [4.69, 9.17) is 5.73 Å². The van der Waals surface area contributed by atoms with Crippen LogP contribution >= 0.6 is 0 Å². The van der Waals surface area contributed by atoms with Gasteiger partial charge in [0.15, 0.2) is 0 Å². The molecule has 2 rings (SSSR count). The molecule has 1 heterocycles. The summed E-state index contributed by atoms with van der Waals surface area (Å²) in [5.41, 5.74) is 8.87. The Balaban J connectivity index is 2.16. The Bertz CT molecular complexity index is 540. The number of imidazole rings is 1. The summed E-state index contributed by atoms with van der Waals surface area (Å²) >= 11 is 0. The first-order chi connectivity index (χ1) is 9.11. The molecule has 0 saturated heterocycles. The molecule has 0 spiro atoms. The normalized spacial score (nSPS) is 11.6. The molecule has 0 unspecified atom stereocenters. The fourth-order valence-corrected chi connectivity index (χ4v) is 2.54. The standard InChI is InChI=1S/C16H25N3/c1-4-16-18-14-11-13(17)8-9-15(14)19(16)10-6-5-7-12(2)3/h8-9,11-12H,4-7,10,17H2,1-3H3. The molecule has 0 fully saturated rings. The van der Waals surface area contributed by atoms with E-state index in [1.165, 1.54) is 30.6 Å². The van der Waals surface area contributed by atoms with Crippen LogP contribution in [0.15, 0.2) is 18.2 Å². The Morgan fingerprint density at radius 2 is 2.05 bits per heavy atom. The zero-order valence-electron chi connectivity index (χ0n) is 12.3. The third-order valence-corrected chi connectivity index (χ3v) is 3.58. The van der Waals surface area contributed by atoms with Gasteiger partial charge < -0.3 is 10.3 Å². The van der Waals surface area contributed by atoms with Crippen LogP contribution in [0.5, 0.6) is 0 Å². The van der Waals surface area contributed by atoms with Crippen LogP contribution in [-0.4, -0.2) is 9.55 Å². The number of aromatic nitrogens is 2. The molecule has 19 heavy (non-hydrogen) atoms. The highest BCUT2D eigenvalue weighted by molar-refractivity contribution is 5.79. The number of unbranched alkanes of at least 4 members (excludes halogenated alkanes) is 1. The molecule has 0 amide bonds. The number of rotatable bonds is 6. The maximum absolute atomic E-state index is 5.83. The molecule has 2 aromatic rings. The number of aryl methyl sites for hydroxylation is 2. The van der Waals surface area contributed by atoms with Gasteiger partial charge in [0.1, 0.15) is 5.82 Å². The van der Waals surface area contributed by atoms with Crippen molar-refractivity contribution in [2.24, 2.45) is 5.92 Å². The van der Waals surface area contributed by atoms with Gasteiger partial charge >= 0.3 is 0 Å². The zero-order chi connectivity index (χ0) is 13.8. The van der Waals surface area contributed by atoms with E-state index in [1.54, 1.807) is 0 Å². The van der Waals surface area contributed by atoms with Crippen LogP contribution in [0, 0.1) is 5.92 Å². The number of fused-ring (bicyclic) bond motifs is 1. The Labute approximate surface area is 115 Å². The van der Waals surface area contributed by atoms with E-state index in [2.05, 4.69) is 36.4 Å². The zero-order valence-corrected chi connectivity index (χ0v) is 12.3. The lowest BCUT2D eigenvalue weighted by atomic mass is 10.1. The molecular formula is C16H25N3. The van der Waals surface area contributed by atoms with Gasteiger partial charge in [-0.15, -0.1) is 0 Å². The Kier molecular flexibility index (Phi) is 4.46. The lowest BCUT2D eigenvalue weighted by Gasteiger charge is -2.09. The highest BCUT2D eigenvalue weighted by atomic mass is 15.1. The lowest BCUT2D eigenvalue weighted by Crippen LogP contribution is -2.03. The van der Waals surface area contributed by atoms with Crippen molar-refractivity contribution < 1.29 is 0 Å². The minimum atomic E-state index is 0.791. The SMILES string of the molecule is CCc1nc2cc(N)ccc2n1CCCCC(C)C. The molecule has 1 aromatic heterocycles. The van der Waals surface area contributed by atoms with E-state index in [-0.39, 0.29) is 0 Å². The molecule has 104 valence electrons. The maximum atomic E-state index is 5.83. The van der Waals surface area contributed by atoms with Crippen LogP contribution in [0.4, 0.5) is 5.69 Å². The summed E-state index contributed by atoms with van der Waals surface area (Å²) in [6, 6.07) is 6.03. The van der Waals surface area contributed by atoms with Crippen molar-refractivity contribution in [3.05, 3.63) is 24.0 Å². The third kappa shape index (κ3) is 3.28. The van der Waals surface area contributed by atoms with Crippen LogP contribution < -0.4 is 5.73 Å². The van der Waals surface area contributed by atoms with Gasteiger partial charge in [-0.25, -0.2) is 4.98 Å². The average Bonchev–Trinajstić information content (AvgIpc) is 2.71. The molecule has 0 radical (unpaired) electrons. The van der Waals surface area contributed by atoms with E-state index < -0.39 is 0 Å². The predicted octanol–water partition coefficient (Wildman–Crippen LogP) is 4.01. The second kappa shape index (κ2) is 6.09. The first kappa shape index (κ1) is 13.9. The summed E-state index contributed by atoms with van der Waals surface area (Å²) in [6.07, 6.45) is 4.79. The van der Waals surface area contributed by atoms with E-state index in [1.807, 2.05) is 12.1 Å². The Morgan fingerprint density at radius 1 is 1.26 bits per heavy atom. The van der Waals surface area contributed by atoms with Gasteiger partial charge in [-0.3, -0.25) is 0 Å². The van der Waals surface area contributed by atoms with Gasteiger partial charge in [0, 0.05) is 18.7 Å². The third-order valence-electron chi connectivity index (χ3n) is 3.58. The molecule has 3 nitrogen and oxygen atoms in total. The van der Waals surface area contributed by atoms with Crippen molar-refractivity contribution in [3.8, 4) is 0 Å². The van der Waals surface area contributed by atoms with Crippen LogP contribution in [0.3, 0.4) is 0 Å². The summed E-state index contributed by atoms with van der Waals surface area (Å²) in [4.78, 5) is 4.69. The van der Waals surface area contributed by atoms with Crippen LogP contribution in [0.1, 0.15) is 45.9 Å². The smallest absolute Gasteiger partial charge is 0.109 e. The summed E-state index contributed by atoms with van der Waals surface area (Å²) in [5, 5.41) is 0. The van der Waals surface area contributed by atoms with E-state index >= 15 is 0 Å². The summed E-state index contributed by atoms with van der Waals surface area (Å²) < 4.78 is 2.36. The van der Waals surface area contributed by atoms with Crippen molar-refractivity contribution >= 4 is 16.7 Å². The molecule has 0 aliphatic carbocycles. The number of hydrogen-bond donors (Lipinski definition) is 1. The van der Waals surface area contributed by atoms with Crippen molar-refractivity contribution in [2.45, 2.75) is 53.0 Å². The highest BCUT2D eigenvalue weighted by Gasteiger charge is 2.09. The van der Waals surface area contributed by atoms with E-state index in [0.717, 1.165) is 30.1 Å². The Hall–Kier alpha value is -1.51. The molecule has 0 saturated carbocycles. The first-order valence-corrected chi connectivity index (χ1v) is 7.36. The molecule has 3 heteroatoms. The van der Waals surface area contributed by atoms with Crippen LogP contribution in [-0.2, 0) is 13.0 Å². The van der Waals surface area contributed by atoms with Crippen LogP contribution in [0.25, 0.3) is 11.0 Å². The molecule has 0 bridgehead atoms. The van der Waals surface area contributed by atoms with Gasteiger partial charge in [0.05, 0.1) is 11.0 Å². The second-order valence-electron chi connectivity index (χ2n) is 5.67. The van der Waals surface area contributed by atoms with Gasteiger partial charge in [0.25, 0.3) is 0 Å². The second-order valence-corrected chi connectivity index (χ2v) is 5.67. The van der Waals surface area contributed by atoms with Crippen molar-refractivity contribution in [3.63, 3.8) is 0 Å². The topological polar surface area (TPSA) is 43.8 Å². The number of nitrogen functional groups attached to an aromatic ring is 1. The lowest BCUT2D eigenvalue weighted by molar-refractivity contribution is 0.507. The molecule has 1 aromatic carbocycles. The first-order valence-electron chi connectivity index (χ1n) is 7.36. The number of hydrogen-bond acceptors (Lipinski definition) is 2. The van der Waals surface area contributed by atoms with Gasteiger partial charge in [-0.05, 0) is 30.5 Å². The molecule has 0 aliphatic rings.